The molecule has 2 aromatic carbocycles. The summed E-state index contributed by atoms with van der Waals surface area (Å²) in [6, 6.07) is 11.4. The SMILES string of the molecule is Cc1ccccc1NC(=O)Cc1nc(CSc2ccc(F)c(F)c2)cs1. The zero-order valence-corrected chi connectivity index (χ0v) is 15.6. The molecule has 0 atom stereocenters. The van der Waals surface area contributed by atoms with Gasteiger partial charge in [-0.1, -0.05) is 18.2 Å². The number of anilines is 1. The van der Waals surface area contributed by atoms with Gasteiger partial charge in [-0.25, -0.2) is 13.8 Å². The van der Waals surface area contributed by atoms with Gasteiger partial charge >= 0.3 is 0 Å². The normalized spacial score (nSPS) is 10.7. The van der Waals surface area contributed by atoms with Crippen LogP contribution in [0.4, 0.5) is 14.5 Å². The van der Waals surface area contributed by atoms with Crippen molar-refractivity contribution in [1.29, 1.82) is 0 Å². The Kier molecular flexibility index (Phi) is 6.00. The van der Waals surface area contributed by atoms with E-state index in [1.807, 2.05) is 36.6 Å². The molecule has 3 aromatic rings. The first-order valence-corrected chi connectivity index (χ1v) is 9.74. The van der Waals surface area contributed by atoms with Gasteiger partial charge in [0.15, 0.2) is 11.6 Å². The van der Waals surface area contributed by atoms with Gasteiger partial charge in [-0.3, -0.25) is 4.79 Å². The fourth-order valence-electron chi connectivity index (χ4n) is 2.27. The number of amides is 1. The number of nitrogens with one attached hydrogen (secondary N) is 1. The molecule has 0 spiro atoms. The molecule has 0 fully saturated rings. The zero-order valence-electron chi connectivity index (χ0n) is 14.0. The highest BCUT2D eigenvalue weighted by Gasteiger charge is 2.10. The van der Waals surface area contributed by atoms with Crippen LogP contribution in [0.15, 0.2) is 52.7 Å². The molecule has 1 amide bonds. The summed E-state index contributed by atoms with van der Waals surface area (Å²) in [5.41, 5.74) is 2.61. The Morgan fingerprint density at radius 3 is 2.77 bits per heavy atom. The number of rotatable bonds is 6. The van der Waals surface area contributed by atoms with Gasteiger partial charge in [0, 0.05) is 21.7 Å². The lowest BCUT2D eigenvalue weighted by Crippen LogP contribution is -2.15. The van der Waals surface area contributed by atoms with Crippen LogP contribution in [0.25, 0.3) is 0 Å². The number of para-hydroxylation sites is 1. The number of carbonyl (C=O) groups is 1. The molecule has 0 aliphatic rings. The third-order valence-corrected chi connectivity index (χ3v) is 5.53. The number of thioether (sulfide) groups is 1. The number of nitrogens with zero attached hydrogens (tertiary/aromatic N) is 1. The standard InChI is InChI=1S/C19H16F2N2OS2/c1-12-4-2-3-5-17(12)23-18(24)9-19-22-13(11-26-19)10-25-14-6-7-15(20)16(21)8-14/h2-8,11H,9-10H2,1H3,(H,23,24). The number of carbonyl (C=O) groups excluding carboxylic acids is 1. The second-order valence-corrected chi connectivity index (χ2v) is 7.63. The summed E-state index contributed by atoms with van der Waals surface area (Å²) in [7, 11) is 0. The van der Waals surface area contributed by atoms with E-state index in [0.717, 1.165) is 28.0 Å². The second-order valence-electron chi connectivity index (χ2n) is 5.64. The molecular weight excluding hydrogens is 374 g/mol. The van der Waals surface area contributed by atoms with Crippen LogP contribution in [0.2, 0.25) is 0 Å². The highest BCUT2D eigenvalue weighted by Crippen LogP contribution is 2.25. The highest BCUT2D eigenvalue weighted by molar-refractivity contribution is 7.98. The molecule has 1 aromatic heterocycles. The van der Waals surface area contributed by atoms with E-state index in [9.17, 15) is 13.6 Å². The van der Waals surface area contributed by atoms with Crippen LogP contribution in [-0.4, -0.2) is 10.9 Å². The Labute approximate surface area is 158 Å². The van der Waals surface area contributed by atoms with Crippen molar-refractivity contribution in [2.24, 2.45) is 0 Å². The minimum Gasteiger partial charge on any atom is -0.325 e. The zero-order chi connectivity index (χ0) is 18.5. The molecule has 0 saturated heterocycles. The molecule has 0 aliphatic heterocycles. The molecule has 0 unspecified atom stereocenters. The van der Waals surface area contributed by atoms with E-state index in [4.69, 9.17) is 0 Å². The van der Waals surface area contributed by atoms with Gasteiger partial charge in [-0.15, -0.1) is 23.1 Å². The Bertz CT molecular complexity index is 927. The predicted octanol–water partition coefficient (Wildman–Crippen LogP) is 5.20. The third kappa shape index (κ3) is 4.89. The van der Waals surface area contributed by atoms with E-state index in [0.29, 0.717) is 10.6 Å². The van der Waals surface area contributed by atoms with Crippen LogP contribution in [-0.2, 0) is 17.0 Å². The summed E-state index contributed by atoms with van der Waals surface area (Å²) in [5, 5.41) is 5.48. The van der Waals surface area contributed by atoms with E-state index < -0.39 is 11.6 Å². The molecule has 0 radical (unpaired) electrons. The van der Waals surface area contributed by atoms with Crippen molar-refractivity contribution in [3.63, 3.8) is 0 Å². The number of aryl methyl sites for hydroxylation is 1. The molecule has 134 valence electrons. The van der Waals surface area contributed by atoms with Crippen LogP contribution in [0.1, 0.15) is 16.3 Å². The molecule has 26 heavy (non-hydrogen) atoms. The average Bonchev–Trinajstić information content (AvgIpc) is 3.05. The maximum absolute atomic E-state index is 13.2. The first-order valence-electron chi connectivity index (χ1n) is 7.88. The fourth-order valence-corrected chi connectivity index (χ4v) is 3.98. The largest absolute Gasteiger partial charge is 0.325 e. The second kappa shape index (κ2) is 8.42. The number of halogens is 2. The number of hydrogen-bond donors (Lipinski definition) is 1. The maximum atomic E-state index is 13.2. The quantitative estimate of drug-likeness (QED) is 0.588. The van der Waals surface area contributed by atoms with Crippen molar-refractivity contribution < 1.29 is 13.6 Å². The first-order chi connectivity index (χ1) is 12.5. The molecule has 1 heterocycles. The van der Waals surface area contributed by atoms with Crippen molar-refractivity contribution in [1.82, 2.24) is 4.98 Å². The molecule has 0 saturated carbocycles. The number of hydrogen-bond acceptors (Lipinski definition) is 4. The lowest BCUT2D eigenvalue weighted by Gasteiger charge is -2.06. The number of aromatic nitrogens is 1. The molecule has 7 heteroatoms. The van der Waals surface area contributed by atoms with Crippen LogP contribution < -0.4 is 5.32 Å². The van der Waals surface area contributed by atoms with Crippen LogP contribution in [0.5, 0.6) is 0 Å². The molecule has 0 bridgehead atoms. The van der Waals surface area contributed by atoms with Crippen LogP contribution >= 0.6 is 23.1 Å². The van der Waals surface area contributed by atoms with Gasteiger partial charge in [-0.2, -0.15) is 0 Å². The van der Waals surface area contributed by atoms with Crippen molar-refractivity contribution in [3.8, 4) is 0 Å². The molecule has 3 rings (SSSR count). The van der Waals surface area contributed by atoms with E-state index in [-0.39, 0.29) is 12.3 Å². The number of benzene rings is 2. The van der Waals surface area contributed by atoms with Gasteiger partial charge in [0.25, 0.3) is 0 Å². The lowest BCUT2D eigenvalue weighted by atomic mass is 10.2. The first kappa shape index (κ1) is 18.5. The van der Waals surface area contributed by atoms with E-state index in [1.54, 1.807) is 0 Å². The minimum absolute atomic E-state index is 0.117. The summed E-state index contributed by atoms with van der Waals surface area (Å²) in [6.45, 7) is 1.94. The van der Waals surface area contributed by atoms with E-state index in [2.05, 4.69) is 10.3 Å². The van der Waals surface area contributed by atoms with Crippen molar-refractivity contribution in [3.05, 3.63) is 75.7 Å². The highest BCUT2D eigenvalue weighted by atomic mass is 32.2. The van der Waals surface area contributed by atoms with Crippen molar-refractivity contribution >= 4 is 34.7 Å². The van der Waals surface area contributed by atoms with Gasteiger partial charge in [0.05, 0.1) is 12.1 Å². The van der Waals surface area contributed by atoms with Crippen molar-refractivity contribution in [2.45, 2.75) is 24.0 Å². The Balaban J connectivity index is 1.55. The summed E-state index contributed by atoms with van der Waals surface area (Å²) in [4.78, 5) is 17.2. The summed E-state index contributed by atoms with van der Waals surface area (Å²) in [6.07, 6.45) is 0.203. The van der Waals surface area contributed by atoms with Gasteiger partial charge in [0.1, 0.15) is 5.01 Å². The Morgan fingerprint density at radius 2 is 2.00 bits per heavy atom. The lowest BCUT2D eigenvalue weighted by molar-refractivity contribution is -0.115. The third-order valence-electron chi connectivity index (χ3n) is 3.61. The fraction of sp³-hybridized carbons (Fsp3) is 0.158. The van der Waals surface area contributed by atoms with E-state index in [1.165, 1.54) is 35.2 Å². The summed E-state index contributed by atoms with van der Waals surface area (Å²) >= 11 is 2.78. The average molecular weight is 390 g/mol. The monoisotopic (exact) mass is 390 g/mol. The smallest absolute Gasteiger partial charge is 0.231 e. The topological polar surface area (TPSA) is 42.0 Å². The molecule has 3 nitrogen and oxygen atoms in total. The molecule has 1 N–H and O–H groups in total. The maximum Gasteiger partial charge on any atom is 0.231 e. The van der Waals surface area contributed by atoms with E-state index >= 15 is 0 Å². The minimum atomic E-state index is -0.859. The van der Waals surface area contributed by atoms with Crippen LogP contribution in [0, 0.1) is 18.6 Å². The van der Waals surface area contributed by atoms with Gasteiger partial charge < -0.3 is 5.32 Å². The molecular formula is C19H16F2N2OS2. The van der Waals surface area contributed by atoms with Gasteiger partial charge in [0.2, 0.25) is 5.91 Å². The summed E-state index contributed by atoms with van der Waals surface area (Å²) < 4.78 is 26.1. The van der Waals surface area contributed by atoms with Crippen molar-refractivity contribution in [2.75, 3.05) is 5.32 Å². The Hall–Kier alpha value is -2.25. The Morgan fingerprint density at radius 1 is 1.19 bits per heavy atom. The number of thiazole rings is 1. The predicted molar refractivity (Wildman–Crippen MR) is 102 cm³/mol. The summed E-state index contributed by atoms with van der Waals surface area (Å²) in [5.74, 6) is -1.30. The van der Waals surface area contributed by atoms with Gasteiger partial charge in [-0.05, 0) is 36.8 Å². The van der Waals surface area contributed by atoms with Crippen LogP contribution in [0.3, 0.4) is 0 Å². The molecule has 0 aliphatic carbocycles.